The standard InChI is InChI=1S/C27H37BN2O4/c1-17-13-18(2)15-21(14-17)24(32)30(25(4,5)6)29-23(31)20-11-12-22(19(3)16-20)28-33-26(7,8)27(9,10)34-28/h11-16H,1-10H3,(H,29,31). The van der Waals surface area contributed by atoms with Gasteiger partial charge in [0.1, 0.15) is 0 Å². The van der Waals surface area contributed by atoms with Gasteiger partial charge >= 0.3 is 7.12 Å². The average Bonchev–Trinajstić information content (AvgIpc) is 2.90. The second-order valence-electron chi connectivity index (χ2n) is 11.3. The van der Waals surface area contributed by atoms with Gasteiger partial charge in [0.15, 0.2) is 0 Å². The summed E-state index contributed by atoms with van der Waals surface area (Å²) >= 11 is 0. The zero-order valence-electron chi connectivity index (χ0n) is 22.1. The number of carbonyl (C=O) groups excluding carboxylic acids is 2. The van der Waals surface area contributed by atoms with Gasteiger partial charge in [-0.05, 0) is 99.0 Å². The molecule has 0 spiro atoms. The lowest BCUT2D eigenvalue weighted by atomic mass is 9.76. The molecule has 1 aliphatic heterocycles. The number of amides is 2. The number of carbonyl (C=O) groups is 2. The molecule has 0 aliphatic carbocycles. The van der Waals surface area contributed by atoms with Crippen molar-refractivity contribution in [1.29, 1.82) is 0 Å². The van der Waals surface area contributed by atoms with Crippen molar-refractivity contribution in [1.82, 2.24) is 10.4 Å². The van der Waals surface area contributed by atoms with E-state index in [-0.39, 0.29) is 11.8 Å². The summed E-state index contributed by atoms with van der Waals surface area (Å²) in [6.07, 6.45) is 0. The van der Waals surface area contributed by atoms with Crippen LogP contribution in [-0.4, -0.2) is 40.7 Å². The van der Waals surface area contributed by atoms with E-state index in [4.69, 9.17) is 9.31 Å². The van der Waals surface area contributed by atoms with Crippen LogP contribution in [0.5, 0.6) is 0 Å². The molecule has 34 heavy (non-hydrogen) atoms. The fraction of sp³-hybridized carbons (Fsp3) is 0.481. The van der Waals surface area contributed by atoms with Gasteiger partial charge < -0.3 is 9.31 Å². The van der Waals surface area contributed by atoms with Crippen LogP contribution in [0.2, 0.25) is 0 Å². The van der Waals surface area contributed by atoms with Gasteiger partial charge in [0, 0.05) is 11.1 Å². The Morgan fingerprint density at radius 2 is 1.38 bits per heavy atom. The van der Waals surface area contributed by atoms with Crippen molar-refractivity contribution in [2.45, 2.75) is 86.0 Å². The number of nitrogens with one attached hydrogen (secondary N) is 1. The van der Waals surface area contributed by atoms with E-state index < -0.39 is 23.9 Å². The first-order valence-corrected chi connectivity index (χ1v) is 11.7. The fourth-order valence-corrected chi connectivity index (χ4v) is 3.97. The van der Waals surface area contributed by atoms with Gasteiger partial charge in [-0.25, -0.2) is 5.01 Å². The van der Waals surface area contributed by atoms with Crippen molar-refractivity contribution >= 4 is 24.4 Å². The number of rotatable bonds is 3. The Morgan fingerprint density at radius 1 is 0.853 bits per heavy atom. The Hall–Kier alpha value is -2.64. The fourth-order valence-electron chi connectivity index (χ4n) is 3.97. The predicted molar refractivity (Wildman–Crippen MR) is 136 cm³/mol. The summed E-state index contributed by atoms with van der Waals surface area (Å²) in [4.78, 5) is 26.6. The molecule has 2 amide bonds. The first kappa shape index (κ1) is 26.0. The zero-order chi connectivity index (χ0) is 25.6. The molecule has 0 unspecified atom stereocenters. The van der Waals surface area contributed by atoms with Crippen LogP contribution in [0, 0.1) is 20.8 Å². The Morgan fingerprint density at radius 3 is 1.85 bits per heavy atom. The highest BCUT2D eigenvalue weighted by atomic mass is 16.7. The highest BCUT2D eigenvalue weighted by Gasteiger charge is 2.52. The van der Waals surface area contributed by atoms with Gasteiger partial charge in [-0.2, -0.15) is 0 Å². The Balaban J connectivity index is 1.84. The third kappa shape index (κ3) is 5.21. The highest BCUT2D eigenvalue weighted by Crippen LogP contribution is 2.36. The maximum absolute atomic E-state index is 13.4. The largest absolute Gasteiger partial charge is 0.495 e. The summed E-state index contributed by atoms with van der Waals surface area (Å²) < 4.78 is 12.3. The smallest absolute Gasteiger partial charge is 0.399 e. The van der Waals surface area contributed by atoms with E-state index >= 15 is 0 Å². The van der Waals surface area contributed by atoms with E-state index in [2.05, 4.69) is 5.43 Å². The number of benzene rings is 2. The molecule has 1 fully saturated rings. The molecule has 0 aromatic heterocycles. The van der Waals surface area contributed by atoms with Crippen LogP contribution in [0.4, 0.5) is 0 Å². The molecular weight excluding hydrogens is 427 g/mol. The van der Waals surface area contributed by atoms with Gasteiger partial charge in [0.05, 0.1) is 16.7 Å². The van der Waals surface area contributed by atoms with Crippen LogP contribution >= 0.6 is 0 Å². The molecule has 1 aliphatic rings. The molecule has 2 aromatic rings. The van der Waals surface area contributed by atoms with Crippen LogP contribution < -0.4 is 10.9 Å². The van der Waals surface area contributed by atoms with E-state index in [1.54, 1.807) is 12.1 Å². The molecule has 0 bridgehead atoms. The molecular formula is C27H37BN2O4. The Labute approximate surface area is 204 Å². The lowest BCUT2D eigenvalue weighted by Crippen LogP contribution is -2.56. The maximum atomic E-state index is 13.4. The summed E-state index contributed by atoms with van der Waals surface area (Å²) in [5.74, 6) is -0.602. The van der Waals surface area contributed by atoms with Crippen LogP contribution in [0.1, 0.15) is 85.9 Å². The molecule has 1 saturated heterocycles. The molecule has 2 aromatic carbocycles. The van der Waals surface area contributed by atoms with Crippen molar-refractivity contribution < 1.29 is 18.9 Å². The topological polar surface area (TPSA) is 67.9 Å². The summed E-state index contributed by atoms with van der Waals surface area (Å²) in [6.45, 7) is 19.6. The van der Waals surface area contributed by atoms with Crippen LogP contribution in [-0.2, 0) is 9.31 Å². The summed E-state index contributed by atoms with van der Waals surface area (Å²) in [7, 11) is -0.501. The number of hydrogen-bond acceptors (Lipinski definition) is 4. The minimum atomic E-state index is -0.623. The second-order valence-corrected chi connectivity index (χ2v) is 11.3. The van der Waals surface area contributed by atoms with Gasteiger partial charge in [0.25, 0.3) is 11.8 Å². The van der Waals surface area contributed by atoms with Crippen LogP contribution in [0.15, 0.2) is 36.4 Å². The van der Waals surface area contributed by atoms with E-state index in [1.807, 2.05) is 93.5 Å². The summed E-state index contributed by atoms with van der Waals surface area (Å²) in [5.41, 5.74) is 6.09. The molecule has 3 rings (SSSR count). The molecule has 0 radical (unpaired) electrons. The minimum absolute atomic E-state index is 0.252. The second kappa shape index (κ2) is 8.86. The van der Waals surface area contributed by atoms with E-state index in [0.717, 1.165) is 22.2 Å². The molecule has 6 nitrogen and oxygen atoms in total. The summed E-state index contributed by atoms with van der Waals surface area (Å²) in [6, 6.07) is 11.1. The van der Waals surface area contributed by atoms with E-state index in [0.29, 0.717) is 11.1 Å². The van der Waals surface area contributed by atoms with Gasteiger partial charge in [-0.1, -0.05) is 28.8 Å². The number of hydrazine groups is 1. The monoisotopic (exact) mass is 464 g/mol. The van der Waals surface area contributed by atoms with Crippen LogP contribution in [0.25, 0.3) is 0 Å². The maximum Gasteiger partial charge on any atom is 0.495 e. The molecule has 182 valence electrons. The molecule has 7 heteroatoms. The van der Waals surface area contributed by atoms with Crippen molar-refractivity contribution in [3.8, 4) is 0 Å². The first-order chi connectivity index (χ1) is 15.5. The highest BCUT2D eigenvalue weighted by molar-refractivity contribution is 6.62. The molecule has 0 atom stereocenters. The van der Waals surface area contributed by atoms with Gasteiger partial charge in [-0.3, -0.25) is 15.0 Å². The van der Waals surface area contributed by atoms with Gasteiger partial charge in [0.2, 0.25) is 0 Å². The van der Waals surface area contributed by atoms with Crippen molar-refractivity contribution in [3.05, 3.63) is 64.2 Å². The first-order valence-electron chi connectivity index (χ1n) is 11.7. The van der Waals surface area contributed by atoms with E-state index in [1.165, 1.54) is 5.01 Å². The predicted octanol–water partition coefficient (Wildman–Crippen LogP) is 4.50. The minimum Gasteiger partial charge on any atom is -0.399 e. The number of aryl methyl sites for hydroxylation is 3. The number of hydrogen-bond donors (Lipinski definition) is 1. The molecule has 1 N–H and O–H groups in total. The lowest BCUT2D eigenvalue weighted by molar-refractivity contribution is 0.00578. The third-order valence-electron chi connectivity index (χ3n) is 6.60. The molecule has 1 heterocycles. The third-order valence-corrected chi connectivity index (χ3v) is 6.60. The lowest BCUT2D eigenvalue weighted by Gasteiger charge is -2.35. The Kier molecular flexibility index (Phi) is 6.77. The normalized spacial score (nSPS) is 16.9. The molecule has 0 saturated carbocycles. The summed E-state index contributed by atoms with van der Waals surface area (Å²) in [5, 5.41) is 1.40. The van der Waals surface area contributed by atoms with Gasteiger partial charge in [-0.15, -0.1) is 0 Å². The van der Waals surface area contributed by atoms with Crippen molar-refractivity contribution in [2.75, 3.05) is 0 Å². The van der Waals surface area contributed by atoms with Crippen molar-refractivity contribution in [2.24, 2.45) is 0 Å². The van der Waals surface area contributed by atoms with E-state index in [9.17, 15) is 9.59 Å². The van der Waals surface area contributed by atoms with Crippen LogP contribution in [0.3, 0.4) is 0 Å². The zero-order valence-corrected chi connectivity index (χ0v) is 22.1. The van der Waals surface area contributed by atoms with Crippen molar-refractivity contribution in [3.63, 3.8) is 0 Å². The average molecular weight is 464 g/mol. The number of nitrogens with zero attached hydrogens (tertiary/aromatic N) is 1. The quantitative estimate of drug-likeness (QED) is 0.537. The SMILES string of the molecule is Cc1cc(C)cc(C(=O)N(NC(=O)c2ccc(B3OC(C)(C)C(C)(C)O3)c(C)c2)C(C)(C)C)c1. The Bertz CT molecular complexity index is 1080.